The van der Waals surface area contributed by atoms with Gasteiger partial charge in [-0.05, 0) is 49.4 Å². The van der Waals surface area contributed by atoms with Crippen LogP contribution in [0.15, 0.2) is 0 Å². The van der Waals surface area contributed by atoms with Crippen LogP contribution in [0.3, 0.4) is 0 Å². The number of rotatable bonds is 81. The highest BCUT2D eigenvalue weighted by Gasteiger charge is 2.30. The van der Waals surface area contributed by atoms with Gasteiger partial charge in [0.05, 0.1) is 26.4 Å². The van der Waals surface area contributed by atoms with Crippen LogP contribution < -0.4 is 0 Å². The lowest BCUT2D eigenvalue weighted by Crippen LogP contribution is -2.30. The summed E-state index contributed by atoms with van der Waals surface area (Å²) in [4.78, 5) is 73.1. The quantitative estimate of drug-likeness (QED) is 0.0222. The second-order valence-corrected chi connectivity index (χ2v) is 34.8. The van der Waals surface area contributed by atoms with Crippen molar-refractivity contribution in [3.05, 3.63) is 0 Å². The van der Waals surface area contributed by atoms with Crippen molar-refractivity contribution in [3.8, 4) is 0 Å². The van der Waals surface area contributed by atoms with E-state index < -0.39 is 97.5 Å². The maximum absolute atomic E-state index is 13.1. The molecule has 0 aromatic heterocycles. The van der Waals surface area contributed by atoms with E-state index in [0.29, 0.717) is 31.6 Å². The fourth-order valence-corrected chi connectivity index (χ4v) is 14.5. The third kappa shape index (κ3) is 76.6. The normalized spacial score (nSPS) is 14.2. The first-order valence-electron chi connectivity index (χ1n) is 43.2. The van der Waals surface area contributed by atoms with Gasteiger partial charge in [0.15, 0.2) is 12.2 Å². The minimum absolute atomic E-state index is 0.107. The van der Waals surface area contributed by atoms with Crippen LogP contribution in [0, 0.1) is 23.7 Å². The number of carbonyl (C=O) groups is 4. The lowest BCUT2D eigenvalue weighted by molar-refractivity contribution is -0.161. The topological polar surface area (TPSA) is 237 Å². The van der Waals surface area contributed by atoms with Crippen molar-refractivity contribution >= 4 is 39.5 Å². The molecule has 3 N–H and O–H groups in total. The first-order chi connectivity index (χ1) is 49.6. The number of hydrogen-bond acceptors (Lipinski definition) is 15. The molecule has 0 spiro atoms. The Bertz CT molecular complexity index is 2010. The molecule has 0 bridgehead atoms. The van der Waals surface area contributed by atoms with E-state index in [2.05, 4.69) is 55.4 Å². The Morgan fingerprint density at radius 2 is 0.466 bits per heavy atom. The van der Waals surface area contributed by atoms with Crippen LogP contribution >= 0.6 is 15.6 Å². The number of aliphatic hydroxyl groups excluding tert-OH is 1. The van der Waals surface area contributed by atoms with E-state index in [9.17, 15) is 43.2 Å². The second-order valence-electron chi connectivity index (χ2n) is 31.9. The summed E-state index contributed by atoms with van der Waals surface area (Å²) >= 11 is 0. The standard InChI is InChI=1S/C84H164O17P2/c1-9-77(8)63-55-47-38-32-26-19-16-17-20-27-33-39-48-56-64-81(86)94-70-79(100-83(88)67-59-51-41-35-29-23-22-25-31-37-45-53-61-75(4)5)72-98-102(90,91)96-68-78(85)69-97-103(92,93)99-73-80(71-95-82(87)65-57-49-43-42-46-54-62-76(6)7)101-84(89)66-58-50-40-34-28-21-15-13-11-10-12-14-18-24-30-36-44-52-60-74(2)3/h74-80,85H,9-73H2,1-8H3,(H,90,91)(H,92,93)/t77?,78?,79-,80-/m1/s1. The Balaban J connectivity index is 5.19. The van der Waals surface area contributed by atoms with Crippen LogP contribution in [0.25, 0.3) is 0 Å². The van der Waals surface area contributed by atoms with Crippen molar-refractivity contribution in [2.75, 3.05) is 39.6 Å². The Morgan fingerprint density at radius 1 is 0.272 bits per heavy atom. The Labute approximate surface area is 632 Å². The highest BCUT2D eigenvalue weighted by molar-refractivity contribution is 7.47. The third-order valence-corrected chi connectivity index (χ3v) is 21.8. The fourth-order valence-electron chi connectivity index (χ4n) is 12.9. The smallest absolute Gasteiger partial charge is 0.462 e. The Hall–Kier alpha value is -1.94. The monoisotopic (exact) mass is 1510 g/mol. The average Bonchev–Trinajstić information content (AvgIpc) is 1.58. The van der Waals surface area contributed by atoms with E-state index in [4.69, 9.17) is 37.0 Å². The molecule has 19 heteroatoms. The van der Waals surface area contributed by atoms with Gasteiger partial charge in [-0.1, -0.05) is 383 Å². The van der Waals surface area contributed by atoms with E-state index >= 15 is 0 Å². The molecule has 0 aliphatic carbocycles. The molecule has 612 valence electrons. The van der Waals surface area contributed by atoms with Crippen molar-refractivity contribution in [2.45, 2.75) is 453 Å². The number of aliphatic hydroxyl groups is 1. The average molecular weight is 1510 g/mol. The van der Waals surface area contributed by atoms with Gasteiger partial charge < -0.3 is 33.8 Å². The summed E-state index contributed by atoms with van der Waals surface area (Å²) in [6.07, 6.45) is 61.2. The Morgan fingerprint density at radius 3 is 0.689 bits per heavy atom. The van der Waals surface area contributed by atoms with Gasteiger partial charge >= 0.3 is 39.5 Å². The molecular formula is C84H164O17P2. The zero-order valence-electron chi connectivity index (χ0n) is 68.0. The van der Waals surface area contributed by atoms with Gasteiger partial charge in [-0.2, -0.15) is 0 Å². The summed E-state index contributed by atoms with van der Waals surface area (Å²) < 4.78 is 68.8. The van der Waals surface area contributed by atoms with Gasteiger partial charge in [-0.15, -0.1) is 0 Å². The van der Waals surface area contributed by atoms with Gasteiger partial charge in [0.1, 0.15) is 19.3 Å². The van der Waals surface area contributed by atoms with Gasteiger partial charge in [0.25, 0.3) is 0 Å². The van der Waals surface area contributed by atoms with Crippen molar-refractivity contribution in [1.29, 1.82) is 0 Å². The number of ether oxygens (including phenoxy) is 4. The fraction of sp³-hybridized carbons (Fsp3) is 0.952. The molecule has 0 aromatic carbocycles. The van der Waals surface area contributed by atoms with Crippen molar-refractivity contribution in [1.82, 2.24) is 0 Å². The van der Waals surface area contributed by atoms with E-state index in [0.717, 1.165) is 114 Å². The molecule has 0 aromatic rings. The first-order valence-corrected chi connectivity index (χ1v) is 46.2. The van der Waals surface area contributed by atoms with E-state index in [1.807, 2.05) is 0 Å². The molecular weight excluding hydrogens is 1340 g/mol. The summed E-state index contributed by atoms with van der Waals surface area (Å²) in [5.41, 5.74) is 0. The van der Waals surface area contributed by atoms with E-state index in [1.54, 1.807) is 0 Å². The summed E-state index contributed by atoms with van der Waals surface area (Å²) in [6, 6.07) is 0. The van der Waals surface area contributed by atoms with Gasteiger partial charge in [-0.25, -0.2) is 9.13 Å². The predicted molar refractivity (Wildman–Crippen MR) is 423 cm³/mol. The summed E-state index contributed by atoms with van der Waals surface area (Å²) in [7, 11) is -9.93. The van der Waals surface area contributed by atoms with Crippen molar-refractivity contribution in [2.24, 2.45) is 23.7 Å². The minimum atomic E-state index is -4.96. The summed E-state index contributed by atoms with van der Waals surface area (Å²) in [5.74, 6) is 1.01. The maximum Gasteiger partial charge on any atom is 0.472 e. The molecule has 0 heterocycles. The minimum Gasteiger partial charge on any atom is -0.462 e. The van der Waals surface area contributed by atoms with Crippen molar-refractivity contribution in [3.63, 3.8) is 0 Å². The number of unbranched alkanes of at least 4 members (excludes halogenated alkanes) is 46. The third-order valence-electron chi connectivity index (χ3n) is 19.9. The number of carbonyl (C=O) groups excluding carboxylic acids is 4. The predicted octanol–water partition coefficient (Wildman–Crippen LogP) is 25.2. The number of esters is 4. The molecule has 0 amide bonds. The summed E-state index contributed by atoms with van der Waals surface area (Å²) in [6.45, 7) is 14.3. The zero-order valence-corrected chi connectivity index (χ0v) is 69.7. The zero-order chi connectivity index (χ0) is 76.0. The molecule has 6 atom stereocenters. The lowest BCUT2D eigenvalue weighted by Gasteiger charge is -2.21. The first kappa shape index (κ1) is 101. The van der Waals surface area contributed by atoms with Crippen LogP contribution in [0.4, 0.5) is 0 Å². The number of hydrogen-bond donors (Lipinski definition) is 3. The molecule has 0 radical (unpaired) electrons. The largest absolute Gasteiger partial charge is 0.472 e. The molecule has 17 nitrogen and oxygen atoms in total. The molecule has 0 rings (SSSR count). The SMILES string of the molecule is CCC(C)CCCCCCCCCCCCCCCCC(=O)OC[C@H](COP(=O)(O)OCC(O)COP(=O)(O)OC[C@@H](COC(=O)CCCCCCCCC(C)C)OC(=O)CCCCCCCCCCCCCCCCCCCCC(C)C)OC(=O)CCCCCCCCCCCCCCC(C)C. The number of phosphoric ester groups is 2. The molecule has 0 aliphatic heterocycles. The highest BCUT2D eigenvalue weighted by Crippen LogP contribution is 2.45. The van der Waals surface area contributed by atoms with Gasteiger partial charge in [0.2, 0.25) is 0 Å². The molecule has 4 unspecified atom stereocenters. The molecule has 0 saturated carbocycles. The number of phosphoric acid groups is 2. The highest BCUT2D eigenvalue weighted by atomic mass is 31.2. The molecule has 0 fully saturated rings. The van der Waals surface area contributed by atoms with Crippen LogP contribution in [0.2, 0.25) is 0 Å². The van der Waals surface area contributed by atoms with Crippen molar-refractivity contribution < 1.29 is 80.2 Å². The lowest BCUT2D eigenvalue weighted by atomic mass is 9.99. The van der Waals surface area contributed by atoms with Crippen LogP contribution in [0.5, 0.6) is 0 Å². The van der Waals surface area contributed by atoms with E-state index in [-0.39, 0.29) is 25.7 Å². The van der Waals surface area contributed by atoms with Gasteiger partial charge in [-0.3, -0.25) is 37.3 Å². The van der Waals surface area contributed by atoms with Gasteiger partial charge in [0, 0.05) is 25.7 Å². The van der Waals surface area contributed by atoms with Crippen LogP contribution in [-0.2, 0) is 65.4 Å². The van der Waals surface area contributed by atoms with Crippen LogP contribution in [0.1, 0.15) is 434 Å². The molecule has 0 aliphatic rings. The summed E-state index contributed by atoms with van der Waals surface area (Å²) in [5, 5.41) is 10.7. The molecule has 103 heavy (non-hydrogen) atoms. The molecule has 0 saturated heterocycles. The van der Waals surface area contributed by atoms with Crippen LogP contribution in [-0.4, -0.2) is 96.7 Å². The van der Waals surface area contributed by atoms with E-state index in [1.165, 1.54) is 231 Å². The Kier molecular flexibility index (Phi) is 71.5. The second kappa shape index (κ2) is 72.9. The maximum atomic E-state index is 13.1.